The molecule has 0 radical (unpaired) electrons. The van der Waals surface area contributed by atoms with E-state index in [1.165, 1.54) is 23.5 Å². The number of hydrogen-bond acceptors (Lipinski definition) is 5. The Morgan fingerprint density at radius 1 is 1.28 bits per heavy atom. The van der Waals surface area contributed by atoms with Gasteiger partial charge in [0.2, 0.25) is 5.91 Å². The van der Waals surface area contributed by atoms with Gasteiger partial charge in [0, 0.05) is 18.1 Å². The summed E-state index contributed by atoms with van der Waals surface area (Å²) in [6.07, 6.45) is 1.83. The number of nitrogens with one attached hydrogen (secondary N) is 4. The molecular formula is C17H16FN5OS. The number of aromatic nitrogens is 2. The van der Waals surface area contributed by atoms with E-state index in [0.29, 0.717) is 11.7 Å². The molecule has 6 nitrogen and oxygen atoms in total. The number of nitrogens with zero attached hydrogens (tertiary/aromatic N) is 1. The molecule has 1 amide bonds. The zero-order valence-corrected chi connectivity index (χ0v) is 13.9. The Balaban J connectivity index is 1.47. The van der Waals surface area contributed by atoms with Gasteiger partial charge in [-0.25, -0.2) is 14.8 Å². The van der Waals surface area contributed by atoms with Crippen LogP contribution in [0.1, 0.15) is 11.6 Å². The summed E-state index contributed by atoms with van der Waals surface area (Å²) < 4.78 is 13.1. The summed E-state index contributed by atoms with van der Waals surface area (Å²) >= 11 is 1.38. The largest absolute Gasteiger partial charge is 0.360 e. The number of rotatable bonds is 4. The summed E-state index contributed by atoms with van der Waals surface area (Å²) in [6.45, 7) is 0.489. The highest BCUT2D eigenvalue weighted by atomic mass is 32.1. The van der Waals surface area contributed by atoms with Crippen molar-refractivity contribution in [2.45, 2.75) is 6.04 Å². The quantitative estimate of drug-likeness (QED) is 0.579. The number of thiazole rings is 1. The van der Waals surface area contributed by atoms with Crippen molar-refractivity contribution in [2.24, 2.45) is 5.92 Å². The van der Waals surface area contributed by atoms with Crippen LogP contribution in [0.5, 0.6) is 0 Å². The van der Waals surface area contributed by atoms with Crippen LogP contribution in [0, 0.1) is 11.7 Å². The fraction of sp³-hybridized carbons (Fsp3) is 0.176. The maximum absolute atomic E-state index is 13.1. The molecule has 0 spiro atoms. The molecule has 128 valence electrons. The third-order valence-electron chi connectivity index (χ3n) is 4.16. The highest BCUT2D eigenvalue weighted by Crippen LogP contribution is 2.28. The molecule has 2 unspecified atom stereocenters. The molecular weight excluding hydrogens is 341 g/mol. The van der Waals surface area contributed by atoms with Gasteiger partial charge in [0.05, 0.1) is 23.3 Å². The van der Waals surface area contributed by atoms with Crippen molar-refractivity contribution in [3.8, 4) is 11.4 Å². The molecule has 2 atom stereocenters. The van der Waals surface area contributed by atoms with Crippen LogP contribution in [0.15, 0.2) is 48.0 Å². The van der Waals surface area contributed by atoms with Gasteiger partial charge in [0.15, 0.2) is 5.13 Å². The number of hydrazine groups is 1. The van der Waals surface area contributed by atoms with Crippen LogP contribution >= 0.6 is 11.3 Å². The molecule has 1 fully saturated rings. The lowest BCUT2D eigenvalue weighted by atomic mass is 9.94. The highest BCUT2D eigenvalue weighted by molar-refractivity contribution is 7.14. The summed E-state index contributed by atoms with van der Waals surface area (Å²) in [4.78, 5) is 20.2. The second-order valence-electron chi connectivity index (χ2n) is 5.77. The Bertz CT molecular complexity index is 862. The third-order valence-corrected chi connectivity index (χ3v) is 4.91. The smallest absolute Gasteiger partial charge is 0.232 e. The topological polar surface area (TPSA) is 81.8 Å². The molecule has 4 N–H and O–H groups in total. The summed E-state index contributed by atoms with van der Waals surface area (Å²) in [5, 5.41) is 5.33. The van der Waals surface area contributed by atoms with Crippen molar-refractivity contribution in [1.82, 2.24) is 20.8 Å². The molecule has 1 aliphatic heterocycles. The minimum Gasteiger partial charge on any atom is -0.360 e. The van der Waals surface area contributed by atoms with Crippen molar-refractivity contribution in [2.75, 3.05) is 11.9 Å². The van der Waals surface area contributed by atoms with Gasteiger partial charge in [0.25, 0.3) is 0 Å². The number of anilines is 1. The number of halogens is 1. The molecule has 1 saturated heterocycles. The molecule has 0 saturated carbocycles. The van der Waals surface area contributed by atoms with Crippen LogP contribution in [0.4, 0.5) is 9.52 Å². The SMILES string of the molecule is O=C(Nc1nc(-c2ccc[nH]2)cs1)C1CNNC1c1ccc(F)cc1. The van der Waals surface area contributed by atoms with Crippen LogP contribution in [0.3, 0.4) is 0 Å². The molecule has 4 rings (SSSR count). The molecule has 0 aliphatic carbocycles. The Hall–Kier alpha value is -2.55. The van der Waals surface area contributed by atoms with Gasteiger partial charge in [-0.1, -0.05) is 12.1 Å². The second-order valence-corrected chi connectivity index (χ2v) is 6.63. The number of carbonyl (C=O) groups excluding carboxylic acids is 1. The van der Waals surface area contributed by atoms with Crippen LogP contribution in [0.2, 0.25) is 0 Å². The van der Waals surface area contributed by atoms with Gasteiger partial charge in [-0.2, -0.15) is 0 Å². The molecule has 3 aromatic rings. The van der Waals surface area contributed by atoms with E-state index in [0.717, 1.165) is 17.0 Å². The van der Waals surface area contributed by atoms with Crippen molar-refractivity contribution in [3.05, 3.63) is 59.4 Å². The third kappa shape index (κ3) is 3.32. The first-order valence-electron chi connectivity index (χ1n) is 7.85. The molecule has 1 aliphatic rings. The lowest BCUT2D eigenvalue weighted by molar-refractivity contribution is -0.119. The number of aromatic amines is 1. The van der Waals surface area contributed by atoms with Crippen molar-refractivity contribution >= 4 is 22.4 Å². The maximum Gasteiger partial charge on any atom is 0.232 e. The van der Waals surface area contributed by atoms with E-state index in [1.54, 1.807) is 12.1 Å². The van der Waals surface area contributed by atoms with Gasteiger partial charge in [-0.15, -0.1) is 11.3 Å². The van der Waals surface area contributed by atoms with E-state index in [4.69, 9.17) is 0 Å². The van der Waals surface area contributed by atoms with E-state index >= 15 is 0 Å². The second kappa shape index (κ2) is 6.75. The lowest BCUT2D eigenvalue weighted by Gasteiger charge is -2.17. The zero-order valence-electron chi connectivity index (χ0n) is 13.1. The Labute approximate surface area is 147 Å². The highest BCUT2D eigenvalue weighted by Gasteiger charge is 2.34. The number of amides is 1. The first-order valence-corrected chi connectivity index (χ1v) is 8.73. The Morgan fingerprint density at radius 3 is 2.88 bits per heavy atom. The monoisotopic (exact) mass is 357 g/mol. The summed E-state index contributed by atoms with van der Waals surface area (Å²) in [5.74, 6) is -0.738. The summed E-state index contributed by atoms with van der Waals surface area (Å²) in [6, 6.07) is 9.77. The van der Waals surface area contributed by atoms with E-state index < -0.39 is 0 Å². The fourth-order valence-electron chi connectivity index (χ4n) is 2.87. The van der Waals surface area contributed by atoms with Gasteiger partial charge in [0.1, 0.15) is 5.82 Å². The van der Waals surface area contributed by atoms with E-state index in [-0.39, 0.29) is 23.7 Å². The maximum atomic E-state index is 13.1. The number of hydrogen-bond donors (Lipinski definition) is 4. The van der Waals surface area contributed by atoms with Crippen LogP contribution in [0.25, 0.3) is 11.4 Å². The van der Waals surface area contributed by atoms with Gasteiger partial charge >= 0.3 is 0 Å². The average Bonchev–Trinajstić information content (AvgIpc) is 3.36. The lowest BCUT2D eigenvalue weighted by Crippen LogP contribution is -2.29. The molecule has 3 heterocycles. The summed E-state index contributed by atoms with van der Waals surface area (Å²) in [7, 11) is 0. The van der Waals surface area contributed by atoms with Crippen molar-refractivity contribution < 1.29 is 9.18 Å². The summed E-state index contributed by atoms with van der Waals surface area (Å²) in [5.41, 5.74) is 8.65. The van der Waals surface area contributed by atoms with Crippen LogP contribution in [-0.4, -0.2) is 22.4 Å². The van der Waals surface area contributed by atoms with Crippen LogP contribution < -0.4 is 16.2 Å². The normalized spacial score (nSPS) is 19.9. The standard InChI is InChI=1S/C17H16FN5OS/c18-11-5-3-10(4-6-11)15-12(8-20-23-15)16(24)22-17-21-14(9-25-17)13-2-1-7-19-13/h1-7,9,12,15,19-20,23H,8H2,(H,21,22,24). The fourth-order valence-corrected chi connectivity index (χ4v) is 3.58. The zero-order chi connectivity index (χ0) is 17.2. The van der Waals surface area contributed by atoms with Gasteiger partial charge < -0.3 is 10.3 Å². The first kappa shape index (κ1) is 15.9. The van der Waals surface area contributed by atoms with E-state index in [2.05, 4.69) is 26.1 Å². The minimum absolute atomic E-state index is 0.126. The minimum atomic E-state index is -0.316. The number of benzene rings is 1. The number of H-pyrrole nitrogens is 1. The van der Waals surface area contributed by atoms with Crippen molar-refractivity contribution in [3.63, 3.8) is 0 Å². The van der Waals surface area contributed by atoms with E-state index in [1.807, 2.05) is 23.7 Å². The molecule has 8 heteroatoms. The molecule has 2 aromatic heterocycles. The van der Waals surface area contributed by atoms with Gasteiger partial charge in [-0.05, 0) is 29.8 Å². The van der Waals surface area contributed by atoms with Crippen molar-refractivity contribution in [1.29, 1.82) is 0 Å². The number of carbonyl (C=O) groups is 1. The predicted octanol–water partition coefficient (Wildman–Crippen LogP) is 2.68. The Morgan fingerprint density at radius 2 is 2.12 bits per heavy atom. The first-order chi connectivity index (χ1) is 12.2. The van der Waals surface area contributed by atoms with Gasteiger partial charge in [-0.3, -0.25) is 10.2 Å². The average molecular weight is 357 g/mol. The molecule has 25 heavy (non-hydrogen) atoms. The Kier molecular flexibility index (Phi) is 4.31. The predicted molar refractivity (Wildman–Crippen MR) is 94.3 cm³/mol. The van der Waals surface area contributed by atoms with E-state index in [9.17, 15) is 9.18 Å². The molecule has 0 bridgehead atoms. The molecule has 1 aromatic carbocycles. The van der Waals surface area contributed by atoms with Crippen LogP contribution in [-0.2, 0) is 4.79 Å².